The molecule has 0 spiro atoms. The normalized spacial score (nSPS) is 14.5. The molecule has 0 saturated carbocycles. The molecule has 5 rings (SSSR count). The molecule has 1 saturated heterocycles. The van der Waals surface area contributed by atoms with Gasteiger partial charge in [0.1, 0.15) is 12.4 Å². The molecule has 1 aliphatic heterocycles. The average Bonchev–Trinajstić information content (AvgIpc) is 3.53. The van der Waals surface area contributed by atoms with Crippen LogP contribution >= 0.6 is 11.3 Å². The second-order valence-corrected chi connectivity index (χ2v) is 9.33. The monoisotopic (exact) mass is 461 g/mol. The van der Waals surface area contributed by atoms with Gasteiger partial charge in [0.25, 0.3) is 0 Å². The molecule has 7 heteroatoms. The number of H-pyrrole nitrogens is 1. The number of fused-ring (bicyclic) bond motifs is 1. The molecule has 3 heterocycles. The lowest BCUT2D eigenvalue weighted by Crippen LogP contribution is -2.39. The van der Waals surface area contributed by atoms with Crippen LogP contribution in [0.5, 0.6) is 5.75 Å². The van der Waals surface area contributed by atoms with Crippen LogP contribution in [-0.4, -0.2) is 40.7 Å². The largest absolute Gasteiger partial charge is 0.493 e. The molecule has 170 valence electrons. The second kappa shape index (κ2) is 10.1. The summed E-state index contributed by atoms with van der Waals surface area (Å²) in [6, 6.07) is 18.6. The van der Waals surface area contributed by atoms with Crippen molar-refractivity contribution in [1.29, 1.82) is 0 Å². The highest BCUT2D eigenvalue weighted by Gasteiger charge is 2.24. The number of nitrogens with one attached hydrogen (secondary N) is 1. The number of benzene rings is 2. The molecule has 2 aromatic carbocycles. The van der Waals surface area contributed by atoms with Gasteiger partial charge in [0.15, 0.2) is 0 Å². The summed E-state index contributed by atoms with van der Waals surface area (Å²) in [6.45, 7) is 2.43. The van der Waals surface area contributed by atoms with Crippen molar-refractivity contribution in [2.75, 3.05) is 19.7 Å². The van der Waals surface area contributed by atoms with Gasteiger partial charge in [-0.15, -0.1) is 11.3 Å². The highest BCUT2D eigenvalue weighted by Crippen LogP contribution is 2.32. The predicted molar refractivity (Wildman–Crippen MR) is 130 cm³/mol. The summed E-state index contributed by atoms with van der Waals surface area (Å²) in [5.74, 6) is 1.45. The zero-order chi connectivity index (χ0) is 22.5. The first kappa shape index (κ1) is 21.5. The lowest BCUT2D eigenvalue weighted by atomic mass is 9.94. The highest BCUT2D eigenvalue weighted by molar-refractivity contribution is 7.09. The van der Waals surface area contributed by atoms with Crippen LogP contribution in [-0.2, 0) is 11.3 Å². The summed E-state index contributed by atoms with van der Waals surface area (Å²) < 4.78 is 11.6. The van der Waals surface area contributed by atoms with Crippen molar-refractivity contribution >= 4 is 28.3 Å². The number of para-hydroxylation sites is 2. The molecule has 1 amide bonds. The lowest BCUT2D eigenvalue weighted by molar-refractivity contribution is 0.0807. The van der Waals surface area contributed by atoms with Crippen molar-refractivity contribution in [3.8, 4) is 17.0 Å². The number of rotatable bonds is 7. The Labute approximate surface area is 197 Å². The first-order chi connectivity index (χ1) is 16.3. The van der Waals surface area contributed by atoms with Crippen molar-refractivity contribution in [3.05, 3.63) is 71.2 Å². The van der Waals surface area contributed by atoms with E-state index < -0.39 is 0 Å². The molecule has 2 aromatic heterocycles. The van der Waals surface area contributed by atoms with Crippen molar-refractivity contribution < 1.29 is 14.3 Å². The zero-order valence-corrected chi connectivity index (χ0v) is 19.2. The van der Waals surface area contributed by atoms with Gasteiger partial charge in [-0.05, 0) is 49.4 Å². The standard InChI is InChI=1S/C26H27N3O3S/c30-26(32-17-21-16-27-18-33-21)29-12-9-19(10-13-29)11-14-31-25-8-4-2-6-22(25)24-15-20-5-1-3-7-23(20)28-24/h1-8,15-16,18-19,28H,9-14,17H2. The number of aromatic amines is 1. The van der Waals surface area contributed by atoms with Gasteiger partial charge < -0.3 is 19.4 Å². The molecule has 0 radical (unpaired) electrons. The van der Waals surface area contributed by atoms with Crippen LogP contribution in [0, 0.1) is 5.92 Å². The van der Waals surface area contributed by atoms with Crippen LogP contribution in [0.15, 0.2) is 66.3 Å². The summed E-state index contributed by atoms with van der Waals surface area (Å²) >= 11 is 1.50. The number of thiazole rings is 1. The highest BCUT2D eigenvalue weighted by atomic mass is 32.1. The number of ether oxygens (including phenoxy) is 2. The number of nitrogens with zero attached hydrogens (tertiary/aromatic N) is 2. The van der Waals surface area contributed by atoms with Crippen molar-refractivity contribution in [2.45, 2.75) is 25.9 Å². The molecule has 1 fully saturated rings. The number of aromatic nitrogens is 2. The Morgan fingerprint density at radius 3 is 2.76 bits per heavy atom. The molecule has 0 bridgehead atoms. The van der Waals surface area contributed by atoms with E-state index in [0.717, 1.165) is 59.8 Å². The van der Waals surface area contributed by atoms with E-state index in [9.17, 15) is 4.79 Å². The van der Waals surface area contributed by atoms with E-state index in [-0.39, 0.29) is 6.09 Å². The van der Waals surface area contributed by atoms with Gasteiger partial charge in [0, 0.05) is 35.8 Å². The molecule has 0 aliphatic carbocycles. The van der Waals surface area contributed by atoms with E-state index in [2.05, 4.69) is 40.3 Å². The molecule has 6 nitrogen and oxygen atoms in total. The molecule has 4 aromatic rings. The Hall–Kier alpha value is -3.32. The third-order valence-electron chi connectivity index (χ3n) is 6.18. The molecular formula is C26H27N3O3S. The fourth-order valence-electron chi connectivity index (χ4n) is 4.31. The van der Waals surface area contributed by atoms with Crippen LogP contribution in [0.2, 0.25) is 0 Å². The van der Waals surface area contributed by atoms with Crippen molar-refractivity contribution in [3.63, 3.8) is 0 Å². The first-order valence-electron chi connectivity index (χ1n) is 11.4. The summed E-state index contributed by atoms with van der Waals surface area (Å²) in [7, 11) is 0. The Morgan fingerprint density at radius 2 is 1.94 bits per heavy atom. The number of likely N-dealkylation sites (tertiary alicyclic amines) is 1. The SMILES string of the molecule is O=C(OCc1cncs1)N1CCC(CCOc2ccccc2-c2cc3ccccc3[nH]2)CC1. The molecule has 0 atom stereocenters. The number of amides is 1. The van der Waals surface area contributed by atoms with Crippen LogP contribution in [0.3, 0.4) is 0 Å². The second-order valence-electron chi connectivity index (χ2n) is 8.36. The number of hydrogen-bond donors (Lipinski definition) is 1. The van der Waals surface area contributed by atoms with Crippen molar-refractivity contribution in [1.82, 2.24) is 14.9 Å². The summed E-state index contributed by atoms with van der Waals surface area (Å²) in [4.78, 5) is 22.6. The third-order valence-corrected chi connectivity index (χ3v) is 6.94. The Bertz CT molecular complexity index is 1160. The van der Waals surface area contributed by atoms with Gasteiger partial charge in [-0.1, -0.05) is 30.3 Å². The van der Waals surface area contributed by atoms with Gasteiger partial charge in [-0.25, -0.2) is 4.79 Å². The number of hydrogen-bond acceptors (Lipinski definition) is 5. The fraction of sp³-hybridized carbons (Fsp3) is 0.308. The minimum atomic E-state index is -0.231. The number of carbonyl (C=O) groups excluding carboxylic acids is 1. The van der Waals surface area contributed by atoms with Gasteiger partial charge in [-0.3, -0.25) is 4.98 Å². The van der Waals surface area contributed by atoms with Crippen LogP contribution in [0.4, 0.5) is 4.79 Å². The van der Waals surface area contributed by atoms with E-state index in [1.165, 1.54) is 16.7 Å². The average molecular weight is 462 g/mol. The maximum Gasteiger partial charge on any atom is 0.410 e. The molecule has 0 unspecified atom stereocenters. The predicted octanol–water partition coefficient (Wildman–Crippen LogP) is 6.11. The minimum absolute atomic E-state index is 0.231. The van der Waals surface area contributed by atoms with Crippen LogP contribution in [0.1, 0.15) is 24.1 Å². The molecule has 1 aliphatic rings. The molecular weight excluding hydrogens is 434 g/mol. The fourth-order valence-corrected chi connectivity index (χ4v) is 4.82. The number of piperidine rings is 1. The minimum Gasteiger partial charge on any atom is -0.493 e. The van der Waals surface area contributed by atoms with E-state index in [0.29, 0.717) is 19.1 Å². The van der Waals surface area contributed by atoms with Gasteiger partial charge >= 0.3 is 6.09 Å². The van der Waals surface area contributed by atoms with E-state index >= 15 is 0 Å². The smallest absolute Gasteiger partial charge is 0.410 e. The quantitative estimate of drug-likeness (QED) is 0.361. The van der Waals surface area contributed by atoms with Crippen molar-refractivity contribution in [2.24, 2.45) is 5.92 Å². The Balaban J connectivity index is 1.11. The van der Waals surface area contributed by atoms with Gasteiger partial charge in [0.2, 0.25) is 0 Å². The van der Waals surface area contributed by atoms with Crippen LogP contribution < -0.4 is 4.74 Å². The maximum absolute atomic E-state index is 12.3. The summed E-state index contributed by atoms with van der Waals surface area (Å²) in [5.41, 5.74) is 5.01. The van der Waals surface area contributed by atoms with Crippen LogP contribution in [0.25, 0.3) is 22.2 Å². The van der Waals surface area contributed by atoms with Gasteiger partial charge in [-0.2, -0.15) is 0 Å². The Kier molecular flexibility index (Phi) is 6.58. The van der Waals surface area contributed by atoms with E-state index in [1.807, 2.05) is 29.2 Å². The van der Waals surface area contributed by atoms with E-state index in [1.54, 1.807) is 11.7 Å². The lowest BCUT2D eigenvalue weighted by Gasteiger charge is -2.31. The maximum atomic E-state index is 12.3. The Morgan fingerprint density at radius 1 is 1.12 bits per heavy atom. The molecule has 33 heavy (non-hydrogen) atoms. The third kappa shape index (κ3) is 5.20. The topological polar surface area (TPSA) is 67.4 Å². The van der Waals surface area contributed by atoms with E-state index in [4.69, 9.17) is 9.47 Å². The first-order valence-corrected chi connectivity index (χ1v) is 12.2. The zero-order valence-electron chi connectivity index (χ0n) is 18.4. The van der Waals surface area contributed by atoms with Gasteiger partial charge in [0.05, 0.1) is 22.7 Å². The summed E-state index contributed by atoms with van der Waals surface area (Å²) in [6.07, 6.45) is 4.43. The number of carbonyl (C=O) groups is 1. The molecule has 1 N–H and O–H groups in total. The summed E-state index contributed by atoms with van der Waals surface area (Å²) in [5, 5.41) is 1.19.